The van der Waals surface area contributed by atoms with Gasteiger partial charge in [-0.25, -0.2) is 4.68 Å². The van der Waals surface area contributed by atoms with Crippen molar-refractivity contribution in [2.24, 2.45) is 0 Å². The summed E-state index contributed by atoms with van der Waals surface area (Å²) in [4.78, 5) is 12.4. The zero-order valence-electron chi connectivity index (χ0n) is 16.8. The Morgan fingerprint density at radius 3 is 2.45 bits per heavy atom. The largest absolute Gasteiger partial charge is 0.310 e. The molecule has 1 saturated carbocycles. The first-order valence-electron chi connectivity index (χ1n) is 10.4. The SMILES string of the molecule is C[C@@H](NCC(=O)Nc1ccnn1C1CCCC1)c1ccc(-c2ccccc2)cc1. The summed E-state index contributed by atoms with van der Waals surface area (Å²) in [5.41, 5.74) is 3.56. The minimum absolute atomic E-state index is 0.0440. The van der Waals surface area contributed by atoms with Crippen LogP contribution in [-0.4, -0.2) is 22.2 Å². The lowest BCUT2D eigenvalue weighted by Gasteiger charge is -2.17. The van der Waals surface area contributed by atoms with Gasteiger partial charge < -0.3 is 10.6 Å². The number of carbonyl (C=O) groups is 1. The van der Waals surface area contributed by atoms with Crippen molar-refractivity contribution in [1.82, 2.24) is 15.1 Å². The molecule has 1 aliphatic rings. The maximum Gasteiger partial charge on any atom is 0.239 e. The molecule has 0 radical (unpaired) electrons. The van der Waals surface area contributed by atoms with Crippen molar-refractivity contribution in [1.29, 1.82) is 0 Å². The Balaban J connectivity index is 1.31. The highest BCUT2D eigenvalue weighted by atomic mass is 16.2. The number of carbonyl (C=O) groups excluding carboxylic acids is 1. The van der Waals surface area contributed by atoms with Gasteiger partial charge in [0.05, 0.1) is 18.8 Å². The lowest BCUT2D eigenvalue weighted by atomic mass is 10.0. The summed E-state index contributed by atoms with van der Waals surface area (Å²) in [7, 11) is 0. The molecule has 1 aromatic heterocycles. The van der Waals surface area contributed by atoms with E-state index in [1.165, 1.54) is 24.0 Å². The number of nitrogens with one attached hydrogen (secondary N) is 2. The fourth-order valence-electron chi connectivity index (χ4n) is 4.00. The molecule has 4 rings (SSSR count). The van der Waals surface area contributed by atoms with Crippen molar-refractivity contribution < 1.29 is 4.79 Å². The van der Waals surface area contributed by atoms with Gasteiger partial charge in [-0.2, -0.15) is 5.10 Å². The predicted octanol–water partition coefficient (Wildman–Crippen LogP) is 4.95. The maximum atomic E-state index is 12.4. The van der Waals surface area contributed by atoms with Crippen molar-refractivity contribution >= 4 is 11.7 Å². The quantitative estimate of drug-likeness (QED) is 0.602. The first-order valence-corrected chi connectivity index (χ1v) is 10.4. The molecule has 1 heterocycles. The highest BCUT2D eigenvalue weighted by Gasteiger charge is 2.20. The Labute approximate surface area is 172 Å². The zero-order chi connectivity index (χ0) is 20.1. The molecule has 5 nitrogen and oxygen atoms in total. The number of benzene rings is 2. The Kier molecular flexibility index (Phi) is 6.06. The third-order valence-electron chi connectivity index (χ3n) is 5.69. The smallest absolute Gasteiger partial charge is 0.239 e. The van der Waals surface area contributed by atoms with Crippen molar-refractivity contribution in [3.8, 4) is 11.1 Å². The Morgan fingerprint density at radius 1 is 1.03 bits per heavy atom. The van der Waals surface area contributed by atoms with Gasteiger partial charge in [0.1, 0.15) is 5.82 Å². The first kappa shape index (κ1) is 19.4. The highest BCUT2D eigenvalue weighted by molar-refractivity contribution is 5.91. The average Bonchev–Trinajstić information content (AvgIpc) is 3.44. The van der Waals surface area contributed by atoms with E-state index in [1.54, 1.807) is 6.20 Å². The van der Waals surface area contributed by atoms with E-state index in [4.69, 9.17) is 0 Å². The van der Waals surface area contributed by atoms with Crippen LogP contribution in [0.1, 0.15) is 50.3 Å². The third-order valence-corrected chi connectivity index (χ3v) is 5.69. The second-order valence-electron chi connectivity index (χ2n) is 7.74. The van der Waals surface area contributed by atoms with Crippen molar-refractivity contribution in [2.75, 3.05) is 11.9 Å². The standard InChI is InChI=1S/C24H28N4O/c1-18(19-11-13-21(14-12-19)20-7-3-2-4-8-20)25-17-24(29)27-23-15-16-26-28(23)22-9-5-6-10-22/h2-4,7-8,11-16,18,22,25H,5-6,9-10,17H2,1H3,(H,27,29)/t18-/m1/s1. The summed E-state index contributed by atoms with van der Waals surface area (Å²) in [6.07, 6.45) is 6.51. The fourth-order valence-corrected chi connectivity index (χ4v) is 4.00. The molecule has 0 unspecified atom stereocenters. The lowest BCUT2D eigenvalue weighted by Crippen LogP contribution is -2.31. The van der Waals surface area contributed by atoms with E-state index in [0.29, 0.717) is 6.04 Å². The van der Waals surface area contributed by atoms with E-state index in [-0.39, 0.29) is 18.5 Å². The van der Waals surface area contributed by atoms with Crippen molar-refractivity contribution in [2.45, 2.75) is 44.7 Å². The molecular formula is C24H28N4O. The van der Waals surface area contributed by atoms with Crippen LogP contribution in [0.25, 0.3) is 11.1 Å². The van der Waals surface area contributed by atoms with Crippen LogP contribution in [0.5, 0.6) is 0 Å². The molecule has 1 fully saturated rings. The fraction of sp³-hybridized carbons (Fsp3) is 0.333. The molecule has 1 atom stereocenters. The molecule has 150 valence electrons. The van der Waals surface area contributed by atoms with E-state index in [2.05, 4.69) is 59.1 Å². The third kappa shape index (κ3) is 4.74. The molecule has 3 aromatic rings. The molecule has 1 amide bonds. The van der Waals surface area contributed by atoms with E-state index in [9.17, 15) is 4.79 Å². The van der Waals surface area contributed by atoms with Crippen LogP contribution in [0.4, 0.5) is 5.82 Å². The number of nitrogens with zero attached hydrogens (tertiary/aromatic N) is 2. The highest BCUT2D eigenvalue weighted by Crippen LogP contribution is 2.31. The summed E-state index contributed by atoms with van der Waals surface area (Å²) < 4.78 is 1.97. The zero-order valence-corrected chi connectivity index (χ0v) is 16.8. The van der Waals surface area contributed by atoms with Crippen LogP contribution in [0, 0.1) is 0 Å². The minimum Gasteiger partial charge on any atom is -0.310 e. The molecule has 0 aliphatic heterocycles. The number of aromatic nitrogens is 2. The molecule has 0 spiro atoms. The summed E-state index contributed by atoms with van der Waals surface area (Å²) in [5.74, 6) is 0.751. The normalized spacial score (nSPS) is 15.3. The van der Waals surface area contributed by atoms with Crippen molar-refractivity contribution in [3.63, 3.8) is 0 Å². The number of rotatable bonds is 7. The molecule has 29 heavy (non-hydrogen) atoms. The summed E-state index contributed by atoms with van der Waals surface area (Å²) in [6, 6.07) is 21.2. The Bertz CT molecular complexity index is 927. The molecule has 2 N–H and O–H groups in total. The van der Waals surface area contributed by atoms with E-state index in [1.807, 2.05) is 28.9 Å². The van der Waals surface area contributed by atoms with E-state index < -0.39 is 0 Å². The van der Waals surface area contributed by atoms with E-state index >= 15 is 0 Å². The first-order chi connectivity index (χ1) is 14.2. The van der Waals surface area contributed by atoms with Gasteiger partial charge in [-0.15, -0.1) is 0 Å². The van der Waals surface area contributed by atoms with Crippen LogP contribution < -0.4 is 10.6 Å². The molecule has 1 aliphatic carbocycles. The number of hydrogen-bond acceptors (Lipinski definition) is 3. The van der Waals surface area contributed by atoms with Crippen LogP contribution in [0.3, 0.4) is 0 Å². The topological polar surface area (TPSA) is 59.0 Å². The maximum absolute atomic E-state index is 12.4. The van der Waals surface area contributed by atoms with Crippen LogP contribution in [0.2, 0.25) is 0 Å². The average molecular weight is 389 g/mol. The predicted molar refractivity (Wildman–Crippen MR) is 117 cm³/mol. The Morgan fingerprint density at radius 2 is 1.72 bits per heavy atom. The van der Waals surface area contributed by atoms with Gasteiger partial charge in [0.2, 0.25) is 5.91 Å². The molecule has 2 aromatic carbocycles. The van der Waals surface area contributed by atoms with Gasteiger partial charge in [0.25, 0.3) is 0 Å². The van der Waals surface area contributed by atoms with Gasteiger partial charge in [0, 0.05) is 12.1 Å². The van der Waals surface area contributed by atoms with Gasteiger partial charge >= 0.3 is 0 Å². The summed E-state index contributed by atoms with van der Waals surface area (Å²) >= 11 is 0. The molecule has 0 saturated heterocycles. The van der Waals surface area contributed by atoms with Crippen LogP contribution in [-0.2, 0) is 4.79 Å². The molecule has 5 heteroatoms. The van der Waals surface area contributed by atoms with Crippen LogP contribution in [0.15, 0.2) is 66.9 Å². The van der Waals surface area contributed by atoms with Gasteiger partial charge in [-0.3, -0.25) is 4.79 Å². The number of hydrogen-bond donors (Lipinski definition) is 2. The second kappa shape index (κ2) is 9.05. The van der Waals surface area contributed by atoms with Gasteiger partial charge in [-0.05, 0) is 36.5 Å². The van der Waals surface area contributed by atoms with Gasteiger partial charge in [-0.1, -0.05) is 67.4 Å². The second-order valence-corrected chi connectivity index (χ2v) is 7.74. The lowest BCUT2D eigenvalue weighted by molar-refractivity contribution is -0.115. The van der Waals surface area contributed by atoms with Gasteiger partial charge in [0.15, 0.2) is 0 Å². The molecular weight excluding hydrogens is 360 g/mol. The summed E-state index contributed by atoms with van der Waals surface area (Å²) in [5, 5.41) is 10.7. The number of amides is 1. The van der Waals surface area contributed by atoms with Crippen molar-refractivity contribution in [3.05, 3.63) is 72.4 Å². The van der Waals surface area contributed by atoms with Crippen LogP contribution >= 0.6 is 0 Å². The summed E-state index contributed by atoms with van der Waals surface area (Å²) in [6.45, 7) is 2.34. The molecule has 0 bridgehead atoms. The number of anilines is 1. The minimum atomic E-state index is -0.0440. The van der Waals surface area contributed by atoms with E-state index in [0.717, 1.165) is 24.2 Å². The monoisotopic (exact) mass is 388 g/mol. The Hall–Kier alpha value is -2.92.